The summed E-state index contributed by atoms with van der Waals surface area (Å²) in [6.07, 6.45) is 7.75. The Morgan fingerprint density at radius 1 is 1.48 bits per heavy atom. The first kappa shape index (κ1) is 16.5. The predicted octanol–water partition coefficient (Wildman–Crippen LogP) is 1.44. The maximum absolute atomic E-state index is 6.04. The van der Waals surface area contributed by atoms with Crippen LogP contribution in [0.4, 0.5) is 0 Å². The van der Waals surface area contributed by atoms with Crippen molar-refractivity contribution in [2.45, 2.75) is 45.3 Å². The van der Waals surface area contributed by atoms with Gasteiger partial charge in [0, 0.05) is 32.4 Å². The molecule has 0 saturated carbocycles. The van der Waals surface area contributed by atoms with E-state index in [0.29, 0.717) is 12.1 Å². The minimum atomic E-state index is 0.307. The molecule has 1 aliphatic heterocycles. The molecule has 0 aliphatic carbocycles. The van der Waals surface area contributed by atoms with Crippen molar-refractivity contribution in [2.75, 3.05) is 32.8 Å². The first-order valence-electron chi connectivity index (χ1n) is 8.27. The van der Waals surface area contributed by atoms with Crippen LogP contribution in [-0.4, -0.2) is 59.6 Å². The van der Waals surface area contributed by atoms with Crippen LogP contribution in [-0.2, 0) is 18.2 Å². The molecule has 1 fully saturated rings. The minimum Gasteiger partial charge on any atom is -0.374 e. The molecule has 21 heavy (non-hydrogen) atoms. The summed E-state index contributed by atoms with van der Waals surface area (Å²) in [6, 6.07) is 0.426. The van der Waals surface area contributed by atoms with E-state index in [4.69, 9.17) is 4.74 Å². The molecule has 5 nitrogen and oxygen atoms in total. The molecule has 1 N–H and O–H groups in total. The highest BCUT2D eigenvalue weighted by Gasteiger charge is 2.27. The highest BCUT2D eigenvalue weighted by atomic mass is 16.5. The van der Waals surface area contributed by atoms with Crippen LogP contribution in [0.5, 0.6) is 0 Å². The number of morpholine rings is 1. The van der Waals surface area contributed by atoms with Crippen molar-refractivity contribution in [3.8, 4) is 0 Å². The van der Waals surface area contributed by atoms with Crippen LogP contribution < -0.4 is 5.32 Å². The summed E-state index contributed by atoms with van der Waals surface area (Å²) in [6.45, 7) is 9.58. The molecular weight excluding hydrogens is 264 g/mol. The molecule has 2 atom stereocenters. The second kappa shape index (κ2) is 8.51. The Morgan fingerprint density at radius 3 is 3.00 bits per heavy atom. The Labute approximate surface area is 128 Å². The van der Waals surface area contributed by atoms with Gasteiger partial charge in [0.2, 0.25) is 0 Å². The minimum absolute atomic E-state index is 0.307. The molecule has 5 heteroatoms. The summed E-state index contributed by atoms with van der Waals surface area (Å²) in [4.78, 5) is 2.53. The lowest BCUT2D eigenvalue weighted by molar-refractivity contribution is -0.0472. The third kappa shape index (κ3) is 5.09. The topological polar surface area (TPSA) is 42.3 Å². The average molecular weight is 294 g/mol. The van der Waals surface area contributed by atoms with Crippen LogP contribution in [0.15, 0.2) is 12.4 Å². The molecule has 0 aromatic carbocycles. The summed E-state index contributed by atoms with van der Waals surface area (Å²) < 4.78 is 7.91. The van der Waals surface area contributed by atoms with Gasteiger partial charge in [0.1, 0.15) is 0 Å². The van der Waals surface area contributed by atoms with Crippen LogP contribution in [0.3, 0.4) is 0 Å². The number of nitrogens with zero attached hydrogens (tertiary/aromatic N) is 3. The molecular formula is C16H30N4O. The van der Waals surface area contributed by atoms with Gasteiger partial charge in [0.25, 0.3) is 0 Å². The summed E-state index contributed by atoms with van der Waals surface area (Å²) in [7, 11) is 1.97. The monoisotopic (exact) mass is 294 g/mol. The first-order chi connectivity index (χ1) is 10.2. The van der Waals surface area contributed by atoms with Crippen molar-refractivity contribution in [1.82, 2.24) is 20.0 Å². The quantitative estimate of drug-likeness (QED) is 0.788. The molecule has 1 aliphatic rings. The van der Waals surface area contributed by atoms with E-state index in [1.54, 1.807) is 0 Å². The fourth-order valence-electron chi connectivity index (χ4n) is 3.10. The van der Waals surface area contributed by atoms with Crippen molar-refractivity contribution in [1.29, 1.82) is 0 Å². The third-order valence-corrected chi connectivity index (χ3v) is 4.13. The SMILES string of the molecule is CCCN1CCOC(C(CCc2cnn(C)c2)NCC)C1. The van der Waals surface area contributed by atoms with E-state index in [0.717, 1.165) is 39.1 Å². The maximum Gasteiger partial charge on any atom is 0.0855 e. The highest BCUT2D eigenvalue weighted by molar-refractivity contribution is 5.04. The highest BCUT2D eigenvalue weighted by Crippen LogP contribution is 2.14. The summed E-state index contributed by atoms with van der Waals surface area (Å²) >= 11 is 0. The lowest BCUT2D eigenvalue weighted by Crippen LogP contribution is -2.52. The number of likely N-dealkylation sites (N-methyl/N-ethyl adjacent to an activating group) is 1. The smallest absolute Gasteiger partial charge is 0.0855 e. The maximum atomic E-state index is 6.04. The van der Waals surface area contributed by atoms with Crippen molar-refractivity contribution in [2.24, 2.45) is 7.05 Å². The van der Waals surface area contributed by atoms with Crippen LogP contribution >= 0.6 is 0 Å². The lowest BCUT2D eigenvalue weighted by Gasteiger charge is -2.37. The van der Waals surface area contributed by atoms with Gasteiger partial charge in [-0.1, -0.05) is 13.8 Å². The average Bonchev–Trinajstić information content (AvgIpc) is 2.90. The van der Waals surface area contributed by atoms with E-state index in [1.807, 2.05) is 17.9 Å². The van der Waals surface area contributed by atoms with E-state index in [-0.39, 0.29) is 0 Å². The first-order valence-corrected chi connectivity index (χ1v) is 8.27. The molecule has 1 aromatic rings. The largest absolute Gasteiger partial charge is 0.374 e. The predicted molar refractivity (Wildman–Crippen MR) is 85.5 cm³/mol. The van der Waals surface area contributed by atoms with Crippen molar-refractivity contribution in [3.05, 3.63) is 18.0 Å². The van der Waals surface area contributed by atoms with Gasteiger partial charge in [-0.15, -0.1) is 0 Å². The Hall–Kier alpha value is -0.910. The molecule has 2 heterocycles. The molecule has 2 unspecified atom stereocenters. The van der Waals surface area contributed by atoms with E-state index >= 15 is 0 Å². The van der Waals surface area contributed by atoms with Crippen molar-refractivity contribution < 1.29 is 4.74 Å². The molecule has 0 radical (unpaired) electrons. The number of ether oxygens (including phenoxy) is 1. The standard InChI is InChI=1S/C16H30N4O/c1-4-8-20-9-10-21-16(13-20)15(17-5-2)7-6-14-11-18-19(3)12-14/h11-12,15-17H,4-10,13H2,1-3H3. The Kier molecular flexibility index (Phi) is 6.67. The molecule has 0 amide bonds. The molecule has 0 bridgehead atoms. The number of aryl methyl sites for hydroxylation is 2. The van der Waals surface area contributed by atoms with Crippen LogP contribution in [0.1, 0.15) is 32.3 Å². The van der Waals surface area contributed by atoms with Gasteiger partial charge in [0.15, 0.2) is 0 Å². The van der Waals surface area contributed by atoms with Gasteiger partial charge < -0.3 is 10.1 Å². The van der Waals surface area contributed by atoms with Gasteiger partial charge in [0.05, 0.1) is 18.9 Å². The number of hydrogen-bond acceptors (Lipinski definition) is 4. The molecule has 0 spiro atoms. The zero-order valence-electron chi connectivity index (χ0n) is 13.7. The summed E-state index contributed by atoms with van der Waals surface area (Å²) in [5.74, 6) is 0. The Bertz CT molecular complexity index is 405. The summed E-state index contributed by atoms with van der Waals surface area (Å²) in [5, 5.41) is 7.86. The second-order valence-corrected chi connectivity index (χ2v) is 5.93. The van der Waals surface area contributed by atoms with Gasteiger partial charge in [-0.2, -0.15) is 5.10 Å². The fraction of sp³-hybridized carbons (Fsp3) is 0.812. The fourth-order valence-corrected chi connectivity index (χ4v) is 3.10. The van der Waals surface area contributed by atoms with Gasteiger partial charge >= 0.3 is 0 Å². The van der Waals surface area contributed by atoms with Gasteiger partial charge in [-0.25, -0.2) is 0 Å². The zero-order chi connectivity index (χ0) is 15.1. The number of aromatic nitrogens is 2. The van der Waals surface area contributed by atoms with E-state index in [9.17, 15) is 0 Å². The molecule has 1 aromatic heterocycles. The van der Waals surface area contributed by atoms with Gasteiger partial charge in [-0.05, 0) is 37.9 Å². The van der Waals surface area contributed by atoms with E-state index in [2.05, 4.69) is 35.4 Å². The van der Waals surface area contributed by atoms with E-state index < -0.39 is 0 Å². The van der Waals surface area contributed by atoms with Gasteiger partial charge in [-0.3, -0.25) is 9.58 Å². The number of hydrogen-bond donors (Lipinski definition) is 1. The zero-order valence-corrected chi connectivity index (χ0v) is 13.7. The number of rotatable bonds is 8. The van der Waals surface area contributed by atoms with Crippen LogP contribution in [0.2, 0.25) is 0 Å². The summed E-state index contributed by atoms with van der Waals surface area (Å²) in [5.41, 5.74) is 1.31. The third-order valence-electron chi connectivity index (χ3n) is 4.13. The normalized spacial score (nSPS) is 21.6. The Balaban J connectivity index is 1.87. The number of nitrogens with one attached hydrogen (secondary N) is 1. The van der Waals surface area contributed by atoms with E-state index in [1.165, 1.54) is 18.5 Å². The van der Waals surface area contributed by atoms with Crippen molar-refractivity contribution >= 4 is 0 Å². The second-order valence-electron chi connectivity index (χ2n) is 5.93. The van der Waals surface area contributed by atoms with Crippen LogP contribution in [0.25, 0.3) is 0 Å². The lowest BCUT2D eigenvalue weighted by atomic mass is 10.0. The molecule has 1 saturated heterocycles. The van der Waals surface area contributed by atoms with Crippen molar-refractivity contribution in [3.63, 3.8) is 0 Å². The molecule has 2 rings (SSSR count). The Morgan fingerprint density at radius 2 is 2.33 bits per heavy atom. The molecule has 120 valence electrons. The van der Waals surface area contributed by atoms with Crippen LogP contribution in [0, 0.1) is 0 Å².